The molecule has 0 aliphatic carbocycles. The van der Waals surface area contributed by atoms with Gasteiger partial charge in [-0.15, -0.1) is 13.2 Å². The summed E-state index contributed by atoms with van der Waals surface area (Å²) in [4.78, 5) is 9.01. The molecule has 0 unspecified atom stereocenters. The maximum atomic E-state index is 13.3. The van der Waals surface area contributed by atoms with Crippen LogP contribution in [0.5, 0.6) is 5.75 Å². The minimum atomic E-state index is -4.76. The first kappa shape index (κ1) is 21.3. The molecule has 0 saturated carbocycles. The first-order chi connectivity index (χ1) is 14.7. The van der Waals surface area contributed by atoms with E-state index in [1.54, 1.807) is 32.0 Å². The Bertz CT molecular complexity index is 1110. The number of fused-ring (bicyclic) bond motifs is 1. The number of alkyl halides is 4. The van der Waals surface area contributed by atoms with E-state index in [-0.39, 0.29) is 5.75 Å². The highest BCUT2D eigenvalue weighted by Crippen LogP contribution is 2.34. The van der Waals surface area contributed by atoms with Crippen molar-refractivity contribution in [3.63, 3.8) is 0 Å². The fourth-order valence-corrected chi connectivity index (χ4v) is 3.83. The van der Waals surface area contributed by atoms with Gasteiger partial charge in [0, 0.05) is 35.5 Å². The van der Waals surface area contributed by atoms with Crippen molar-refractivity contribution in [2.75, 3.05) is 13.2 Å². The summed E-state index contributed by atoms with van der Waals surface area (Å²) in [5.41, 5.74) is 4.42. The summed E-state index contributed by atoms with van der Waals surface area (Å²) >= 11 is 0. The predicted octanol–water partition coefficient (Wildman–Crippen LogP) is 5.17. The second-order valence-corrected chi connectivity index (χ2v) is 7.39. The molecule has 0 saturated heterocycles. The van der Waals surface area contributed by atoms with E-state index in [0.29, 0.717) is 60.2 Å². The summed E-state index contributed by atoms with van der Waals surface area (Å²) in [5.74, 6) is 0.369. The number of nitrogens with zero attached hydrogens (tertiary/aromatic N) is 3. The van der Waals surface area contributed by atoms with Crippen LogP contribution in [0.15, 0.2) is 30.3 Å². The number of ether oxygens (including phenoxy) is 2. The van der Waals surface area contributed by atoms with Crippen molar-refractivity contribution in [3.8, 4) is 28.4 Å². The van der Waals surface area contributed by atoms with Gasteiger partial charge in [0.05, 0.1) is 24.6 Å². The monoisotopic (exact) mass is 435 g/mol. The number of pyridine rings is 1. The molecule has 0 spiro atoms. The Morgan fingerprint density at radius 1 is 1.06 bits per heavy atom. The van der Waals surface area contributed by atoms with Crippen LogP contribution in [0.3, 0.4) is 0 Å². The largest absolute Gasteiger partial charge is 0.573 e. The molecule has 0 bridgehead atoms. The van der Waals surface area contributed by atoms with Gasteiger partial charge >= 0.3 is 6.36 Å². The van der Waals surface area contributed by atoms with Crippen LogP contribution in [0.1, 0.15) is 22.6 Å². The quantitative estimate of drug-likeness (QED) is 0.531. The first-order valence-corrected chi connectivity index (χ1v) is 9.83. The van der Waals surface area contributed by atoms with Crippen molar-refractivity contribution >= 4 is 0 Å². The van der Waals surface area contributed by atoms with Crippen LogP contribution in [0.2, 0.25) is 0 Å². The fourth-order valence-electron chi connectivity index (χ4n) is 3.83. The molecular formula is C22H21F4N3O2. The van der Waals surface area contributed by atoms with Crippen LogP contribution >= 0.6 is 0 Å². The van der Waals surface area contributed by atoms with Gasteiger partial charge in [0.1, 0.15) is 18.2 Å². The van der Waals surface area contributed by atoms with Crippen LogP contribution in [0, 0.1) is 13.8 Å². The number of halogens is 4. The lowest BCUT2D eigenvalue weighted by Gasteiger charge is -2.13. The topological polar surface area (TPSA) is 49.2 Å². The van der Waals surface area contributed by atoms with Crippen molar-refractivity contribution in [3.05, 3.63) is 53.0 Å². The van der Waals surface area contributed by atoms with Gasteiger partial charge in [0.25, 0.3) is 0 Å². The summed E-state index contributed by atoms with van der Waals surface area (Å²) in [7, 11) is 0. The SMILES string of the molecule is Cc1cc(-c2nc(-c3ccc(OC(F)(F)F)c(C)c3)n3c2CCOCC3)cc(CF)n1. The molecule has 2 aromatic heterocycles. The third-order valence-corrected chi connectivity index (χ3v) is 5.09. The van der Waals surface area contributed by atoms with Gasteiger partial charge in [0.2, 0.25) is 0 Å². The third-order valence-electron chi connectivity index (χ3n) is 5.09. The maximum Gasteiger partial charge on any atom is 0.573 e. The van der Waals surface area contributed by atoms with Crippen molar-refractivity contribution < 1.29 is 27.0 Å². The lowest BCUT2D eigenvalue weighted by atomic mass is 10.1. The van der Waals surface area contributed by atoms with Gasteiger partial charge in [-0.2, -0.15) is 0 Å². The van der Waals surface area contributed by atoms with Gasteiger partial charge in [-0.3, -0.25) is 4.98 Å². The average Bonchev–Trinajstić information content (AvgIpc) is 2.89. The molecule has 0 fully saturated rings. The molecule has 4 rings (SSSR count). The normalized spacial score (nSPS) is 14.3. The zero-order valence-corrected chi connectivity index (χ0v) is 17.1. The highest BCUT2D eigenvalue weighted by molar-refractivity contribution is 5.70. The molecule has 1 aromatic carbocycles. The lowest BCUT2D eigenvalue weighted by molar-refractivity contribution is -0.274. The molecule has 3 aromatic rings. The van der Waals surface area contributed by atoms with Crippen LogP contribution in [-0.4, -0.2) is 34.1 Å². The summed E-state index contributed by atoms with van der Waals surface area (Å²) in [6, 6.07) is 8.01. The molecule has 0 atom stereocenters. The maximum absolute atomic E-state index is 13.3. The molecule has 0 amide bonds. The summed E-state index contributed by atoms with van der Waals surface area (Å²) in [6.07, 6.45) is -4.14. The van der Waals surface area contributed by atoms with E-state index in [4.69, 9.17) is 9.72 Å². The Balaban J connectivity index is 1.83. The fraction of sp³-hybridized carbons (Fsp3) is 0.364. The van der Waals surface area contributed by atoms with E-state index in [2.05, 4.69) is 9.72 Å². The highest BCUT2D eigenvalue weighted by Gasteiger charge is 2.32. The second-order valence-electron chi connectivity index (χ2n) is 7.39. The van der Waals surface area contributed by atoms with Crippen molar-refractivity contribution in [1.82, 2.24) is 14.5 Å². The third kappa shape index (κ3) is 4.56. The molecular weight excluding hydrogens is 414 g/mol. The second kappa shape index (κ2) is 8.30. The Labute approximate surface area is 176 Å². The van der Waals surface area contributed by atoms with Gasteiger partial charge in [-0.1, -0.05) is 0 Å². The van der Waals surface area contributed by atoms with Gasteiger partial charge in [0.15, 0.2) is 0 Å². The number of aromatic nitrogens is 3. The minimum absolute atomic E-state index is 0.250. The van der Waals surface area contributed by atoms with Crippen LogP contribution in [0.4, 0.5) is 17.6 Å². The molecule has 0 radical (unpaired) electrons. The van der Waals surface area contributed by atoms with Gasteiger partial charge in [-0.25, -0.2) is 9.37 Å². The van der Waals surface area contributed by atoms with Crippen molar-refractivity contribution in [2.45, 2.75) is 39.9 Å². The van der Waals surface area contributed by atoms with Crippen molar-refractivity contribution in [2.24, 2.45) is 0 Å². The van der Waals surface area contributed by atoms with Crippen molar-refractivity contribution in [1.29, 1.82) is 0 Å². The Morgan fingerprint density at radius 2 is 1.87 bits per heavy atom. The summed E-state index contributed by atoms with van der Waals surface area (Å²) in [5, 5.41) is 0. The number of benzene rings is 1. The highest BCUT2D eigenvalue weighted by atomic mass is 19.4. The molecule has 1 aliphatic heterocycles. The molecule has 5 nitrogen and oxygen atoms in total. The first-order valence-electron chi connectivity index (χ1n) is 9.83. The molecule has 9 heteroatoms. The number of imidazole rings is 1. The van der Waals surface area contributed by atoms with Crippen LogP contribution in [-0.2, 0) is 24.4 Å². The molecule has 1 aliphatic rings. The van der Waals surface area contributed by atoms with Crippen LogP contribution < -0.4 is 4.74 Å². The minimum Gasteiger partial charge on any atom is -0.406 e. The number of rotatable bonds is 4. The number of aryl methyl sites for hydroxylation is 2. The average molecular weight is 435 g/mol. The Hall–Kier alpha value is -2.94. The zero-order chi connectivity index (χ0) is 22.2. The summed E-state index contributed by atoms with van der Waals surface area (Å²) < 4.78 is 62.8. The van der Waals surface area contributed by atoms with E-state index >= 15 is 0 Å². The summed E-state index contributed by atoms with van der Waals surface area (Å²) in [6.45, 7) is 4.24. The van der Waals surface area contributed by atoms with E-state index in [1.807, 2.05) is 10.6 Å². The van der Waals surface area contributed by atoms with E-state index in [0.717, 1.165) is 11.3 Å². The Kier molecular flexibility index (Phi) is 5.70. The lowest BCUT2D eigenvalue weighted by Crippen LogP contribution is -2.17. The number of hydrogen-bond donors (Lipinski definition) is 0. The molecule has 0 N–H and O–H groups in total. The van der Waals surface area contributed by atoms with Gasteiger partial charge in [-0.05, 0) is 49.7 Å². The Morgan fingerprint density at radius 3 is 2.58 bits per heavy atom. The van der Waals surface area contributed by atoms with E-state index < -0.39 is 13.0 Å². The molecule has 3 heterocycles. The van der Waals surface area contributed by atoms with E-state index in [1.165, 1.54) is 6.07 Å². The van der Waals surface area contributed by atoms with Crippen LogP contribution in [0.25, 0.3) is 22.6 Å². The van der Waals surface area contributed by atoms with Gasteiger partial charge < -0.3 is 14.0 Å². The predicted molar refractivity (Wildman–Crippen MR) is 106 cm³/mol. The molecule has 164 valence electrons. The van der Waals surface area contributed by atoms with E-state index in [9.17, 15) is 17.6 Å². The standard InChI is InChI=1S/C22H21F4N3O2/c1-13-9-15(3-4-19(13)31-22(24,25)26)21-28-20(18-5-7-30-8-6-29(18)21)16-10-14(2)27-17(11-16)12-23/h3-4,9-11H,5-8,12H2,1-2H3. The molecule has 31 heavy (non-hydrogen) atoms. The number of hydrogen-bond acceptors (Lipinski definition) is 4. The zero-order valence-electron chi connectivity index (χ0n) is 17.1. The smallest absolute Gasteiger partial charge is 0.406 e.